The van der Waals surface area contributed by atoms with Crippen LogP contribution in [0, 0.1) is 0 Å². The lowest BCUT2D eigenvalue weighted by Crippen LogP contribution is -2.36. The van der Waals surface area contributed by atoms with Crippen molar-refractivity contribution in [1.82, 2.24) is 24.7 Å². The van der Waals surface area contributed by atoms with Crippen molar-refractivity contribution in [3.63, 3.8) is 0 Å². The molecule has 1 aliphatic carbocycles. The predicted octanol–water partition coefficient (Wildman–Crippen LogP) is 3.10. The topological polar surface area (TPSA) is 190 Å². The second-order valence-electron chi connectivity index (χ2n) is 11.2. The molecule has 2 aliphatic rings. The molecule has 1 saturated carbocycles. The van der Waals surface area contributed by atoms with Crippen molar-refractivity contribution in [2.24, 2.45) is 0 Å². The molecular formula is C29H35N6O8P. The van der Waals surface area contributed by atoms with Gasteiger partial charge in [0.1, 0.15) is 48.9 Å². The highest BCUT2D eigenvalue weighted by atomic mass is 31.2. The maximum absolute atomic E-state index is 13.8. The Morgan fingerprint density at radius 1 is 1.14 bits per heavy atom. The maximum atomic E-state index is 13.8. The van der Waals surface area contributed by atoms with Crippen LogP contribution < -0.4 is 14.9 Å². The van der Waals surface area contributed by atoms with E-state index in [1.165, 1.54) is 24.0 Å². The van der Waals surface area contributed by atoms with Gasteiger partial charge in [-0.15, -0.1) is 0 Å². The number of fused-ring (bicyclic) bond motifs is 2. The number of hydrogen-bond acceptors (Lipinski definition) is 11. The summed E-state index contributed by atoms with van der Waals surface area (Å²) < 4.78 is 32.8. The number of aliphatic carboxylic acids is 1. The molecule has 44 heavy (non-hydrogen) atoms. The predicted molar refractivity (Wildman–Crippen MR) is 160 cm³/mol. The number of carboxylic acid groups (broad SMARTS) is 1. The van der Waals surface area contributed by atoms with Crippen molar-refractivity contribution in [3.05, 3.63) is 60.7 Å². The number of carboxylic acids is 1. The van der Waals surface area contributed by atoms with Gasteiger partial charge in [0.2, 0.25) is 0 Å². The highest BCUT2D eigenvalue weighted by molar-refractivity contribution is 7.57. The number of imidazole rings is 1. The summed E-state index contributed by atoms with van der Waals surface area (Å²) in [7, 11) is -3.93. The van der Waals surface area contributed by atoms with Crippen LogP contribution >= 0.6 is 7.52 Å². The van der Waals surface area contributed by atoms with Gasteiger partial charge in [-0.3, -0.25) is 9.36 Å². The van der Waals surface area contributed by atoms with Gasteiger partial charge in [-0.25, -0.2) is 19.6 Å². The van der Waals surface area contributed by atoms with Crippen molar-refractivity contribution in [1.29, 1.82) is 0 Å². The van der Waals surface area contributed by atoms with Crippen LogP contribution in [0.3, 0.4) is 0 Å². The zero-order chi connectivity index (χ0) is 30.8. The summed E-state index contributed by atoms with van der Waals surface area (Å²) in [6.07, 6.45) is 2.17. The molecule has 2 aromatic carbocycles. The molecule has 2 fully saturated rings. The summed E-state index contributed by atoms with van der Waals surface area (Å²) in [5.74, 6) is -0.368. The number of aromatic nitrogens is 4. The van der Waals surface area contributed by atoms with Gasteiger partial charge >= 0.3 is 13.5 Å². The highest BCUT2D eigenvalue weighted by Crippen LogP contribution is 2.45. The minimum atomic E-state index is -3.93. The molecule has 3 heterocycles. The number of nitrogens with one attached hydrogen (secondary N) is 2. The zero-order valence-electron chi connectivity index (χ0n) is 24.0. The fourth-order valence-corrected chi connectivity index (χ4v) is 7.33. The molecule has 0 amide bonds. The quantitative estimate of drug-likeness (QED) is 0.144. The molecule has 15 heteroatoms. The number of ether oxygens (including phenoxy) is 2. The number of anilines is 1. The fourth-order valence-electron chi connectivity index (χ4n) is 5.65. The first-order valence-corrected chi connectivity index (χ1v) is 16.3. The van der Waals surface area contributed by atoms with E-state index >= 15 is 0 Å². The van der Waals surface area contributed by atoms with Crippen molar-refractivity contribution in [3.8, 4) is 5.75 Å². The Morgan fingerprint density at radius 3 is 2.68 bits per heavy atom. The molecule has 1 aliphatic heterocycles. The number of aliphatic hydroxyl groups is 2. The van der Waals surface area contributed by atoms with Crippen LogP contribution in [-0.4, -0.2) is 84.2 Å². The van der Waals surface area contributed by atoms with Crippen LogP contribution in [0.25, 0.3) is 16.4 Å². The summed E-state index contributed by atoms with van der Waals surface area (Å²) in [4.78, 5) is 20.3. The number of benzene rings is 2. The molecule has 1 unspecified atom stereocenters. The van der Waals surface area contributed by atoms with E-state index in [0.29, 0.717) is 23.2 Å². The molecule has 5 N–H and O–H groups in total. The summed E-state index contributed by atoms with van der Waals surface area (Å²) in [6.45, 7) is 1.08. The van der Waals surface area contributed by atoms with Gasteiger partial charge in [0, 0.05) is 6.04 Å². The molecule has 14 nitrogen and oxygen atoms in total. The van der Waals surface area contributed by atoms with E-state index < -0.39 is 50.3 Å². The minimum Gasteiger partial charge on any atom is -0.480 e. The Hall–Kier alpha value is -3.65. The summed E-state index contributed by atoms with van der Waals surface area (Å²) in [5, 5.41) is 43.2. The minimum absolute atomic E-state index is 0.261. The Kier molecular flexibility index (Phi) is 8.81. The van der Waals surface area contributed by atoms with Crippen molar-refractivity contribution in [2.45, 2.75) is 69.1 Å². The SMILES string of the molecule is C[C@H](NP(=O)(COC[C@H]1O[C@@H](c2cnc3c(NC4CCCC4)ncnn23)[C@H](O)[C@@H]1O)Oc1ccc2ccccc2c1)C(=O)O. The standard InChI is InChI=1S/C29H35N6O8P/c1-17(29(38)39)34-44(40,43-21-11-10-18-6-2-3-7-19(18)12-21)16-41-14-23-24(36)25(37)26(42-23)22-13-30-28-27(31-15-32-35(22)28)33-20-8-4-5-9-20/h2-3,6-7,10-13,15,17,20,23-26,36-37H,4-5,8-9,14,16H2,1H3,(H,34,40)(H,38,39)(H,31,32,33)/t17-,23+,24+,25+,26-,44?/m0/s1. The zero-order valence-corrected chi connectivity index (χ0v) is 24.9. The lowest BCUT2D eigenvalue weighted by molar-refractivity contribution is -0.138. The largest absolute Gasteiger partial charge is 0.480 e. The lowest BCUT2D eigenvalue weighted by Gasteiger charge is -2.24. The summed E-state index contributed by atoms with van der Waals surface area (Å²) >= 11 is 0. The average Bonchev–Trinajstić information content (AvgIpc) is 3.74. The van der Waals surface area contributed by atoms with Crippen LogP contribution in [0.4, 0.5) is 5.82 Å². The number of rotatable bonds is 12. The number of nitrogens with zero attached hydrogens (tertiary/aromatic N) is 4. The van der Waals surface area contributed by atoms with Crippen molar-refractivity contribution >= 4 is 35.7 Å². The van der Waals surface area contributed by atoms with Crippen LogP contribution in [0.1, 0.15) is 44.4 Å². The van der Waals surface area contributed by atoms with Crippen molar-refractivity contribution < 1.29 is 38.7 Å². The molecule has 0 radical (unpaired) electrons. The Morgan fingerprint density at radius 2 is 1.91 bits per heavy atom. The van der Waals surface area contributed by atoms with Gasteiger partial charge in [0.25, 0.3) is 0 Å². The lowest BCUT2D eigenvalue weighted by atomic mass is 10.1. The van der Waals surface area contributed by atoms with Gasteiger partial charge in [0.05, 0.1) is 18.5 Å². The molecule has 6 atom stereocenters. The van der Waals surface area contributed by atoms with Crippen LogP contribution in [0.5, 0.6) is 5.75 Å². The van der Waals surface area contributed by atoms with E-state index in [-0.39, 0.29) is 12.4 Å². The van der Waals surface area contributed by atoms with Gasteiger partial charge in [-0.2, -0.15) is 5.10 Å². The van der Waals surface area contributed by atoms with Gasteiger partial charge in [0.15, 0.2) is 11.5 Å². The van der Waals surface area contributed by atoms with E-state index in [1.807, 2.05) is 24.3 Å². The van der Waals surface area contributed by atoms with Crippen molar-refractivity contribution in [2.75, 3.05) is 18.3 Å². The molecule has 0 bridgehead atoms. The second kappa shape index (κ2) is 12.8. The maximum Gasteiger partial charge on any atom is 0.342 e. The van der Waals surface area contributed by atoms with Gasteiger partial charge < -0.3 is 34.6 Å². The first-order valence-electron chi connectivity index (χ1n) is 14.5. The third-order valence-corrected chi connectivity index (χ3v) is 9.77. The Balaban J connectivity index is 1.14. The van der Waals surface area contributed by atoms with Crippen LogP contribution in [0.2, 0.25) is 0 Å². The molecule has 1 saturated heterocycles. The van der Waals surface area contributed by atoms with Crippen LogP contribution in [-0.2, 0) is 18.8 Å². The number of carbonyl (C=O) groups is 1. The fraction of sp³-hybridized carbons (Fsp3) is 0.448. The molecular weight excluding hydrogens is 591 g/mol. The third kappa shape index (κ3) is 6.41. The normalized spacial score (nSPS) is 24.4. The van der Waals surface area contributed by atoms with Crippen LogP contribution in [0.15, 0.2) is 55.0 Å². The summed E-state index contributed by atoms with van der Waals surface area (Å²) in [6, 6.07) is 11.8. The number of hydrogen-bond donors (Lipinski definition) is 5. The molecule has 4 aromatic rings. The van der Waals surface area contributed by atoms with Gasteiger partial charge in [-0.1, -0.05) is 43.2 Å². The highest BCUT2D eigenvalue weighted by Gasteiger charge is 2.45. The first-order chi connectivity index (χ1) is 21.2. The molecule has 6 rings (SSSR count). The first kappa shape index (κ1) is 30.4. The van der Waals surface area contributed by atoms with E-state index in [9.17, 15) is 24.7 Å². The van der Waals surface area contributed by atoms with E-state index in [0.717, 1.165) is 36.5 Å². The molecule has 2 aromatic heterocycles. The average molecular weight is 627 g/mol. The molecule has 234 valence electrons. The van der Waals surface area contributed by atoms with E-state index in [2.05, 4.69) is 25.5 Å². The monoisotopic (exact) mass is 626 g/mol. The van der Waals surface area contributed by atoms with Gasteiger partial charge in [-0.05, 0) is 42.7 Å². The third-order valence-electron chi connectivity index (χ3n) is 7.96. The summed E-state index contributed by atoms with van der Waals surface area (Å²) in [5.41, 5.74) is 0.901. The second-order valence-corrected chi connectivity index (χ2v) is 13.2. The van der Waals surface area contributed by atoms with E-state index in [4.69, 9.17) is 14.0 Å². The Bertz CT molecular complexity index is 1680. The molecule has 0 spiro atoms. The Labute approximate surface area is 252 Å². The van der Waals surface area contributed by atoms with E-state index in [1.54, 1.807) is 18.2 Å². The smallest absolute Gasteiger partial charge is 0.342 e. The number of aliphatic hydroxyl groups excluding tert-OH is 2.